The molecule has 5 heteroatoms. The molecule has 0 saturated heterocycles. The predicted octanol–water partition coefficient (Wildman–Crippen LogP) is 4.38. The standard InChI is InChI=1S/C13H27N2O2P/c1-4-6-7-8-9-10-12-17-18(16,13-14)15(3)11-5-2/h4-12H2,1-3H3. The molecule has 1 atom stereocenters. The van der Waals surface area contributed by atoms with Crippen molar-refractivity contribution in [1.82, 2.24) is 4.67 Å². The van der Waals surface area contributed by atoms with Crippen molar-refractivity contribution in [2.45, 2.75) is 58.8 Å². The lowest BCUT2D eigenvalue weighted by Gasteiger charge is -2.21. The minimum absolute atomic E-state index is 0.422. The normalized spacial score (nSPS) is 14.4. The zero-order chi connectivity index (χ0) is 13.9. The second-order valence-corrected chi connectivity index (χ2v) is 6.78. The molecular formula is C13H27N2O2P. The maximum Gasteiger partial charge on any atom is 0.370 e. The molecule has 0 aliphatic heterocycles. The van der Waals surface area contributed by atoms with E-state index < -0.39 is 7.52 Å². The van der Waals surface area contributed by atoms with Gasteiger partial charge in [-0.1, -0.05) is 46.0 Å². The number of unbranched alkanes of at least 4 members (excludes halogenated alkanes) is 5. The molecular weight excluding hydrogens is 247 g/mol. The smallest absolute Gasteiger partial charge is 0.307 e. The van der Waals surface area contributed by atoms with Gasteiger partial charge in [-0.3, -0.25) is 4.57 Å². The highest BCUT2D eigenvalue weighted by Crippen LogP contribution is 2.48. The minimum atomic E-state index is -3.23. The predicted molar refractivity (Wildman–Crippen MR) is 75.5 cm³/mol. The van der Waals surface area contributed by atoms with Crippen LogP contribution in [0.4, 0.5) is 0 Å². The van der Waals surface area contributed by atoms with Gasteiger partial charge in [-0.2, -0.15) is 5.26 Å². The molecule has 0 aliphatic rings. The van der Waals surface area contributed by atoms with E-state index in [4.69, 9.17) is 9.79 Å². The highest BCUT2D eigenvalue weighted by atomic mass is 31.2. The molecule has 0 N–H and O–H groups in total. The van der Waals surface area contributed by atoms with Crippen molar-refractivity contribution < 1.29 is 9.09 Å². The molecule has 0 radical (unpaired) electrons. The summed E-state index contributed by atoms with van der Waals surface area (Å²) in [7, 11) is -1.54. The molecule has 0 aromatic rings. The summed E-state index contributed by atoms with van der Waals surface area (Å²) in [4.78, 5) is 0. The summed E-state index contributed by atoms with van der Waals surface area (Å²) in [6, 6.07) is 0. The molecule has 106 valence electrons. The zero-order valence-electron chi connectivity index (χ0n) is 12.0. The largest absolute Gasteiger partial charge is 0.370 e. The third-order valence-corrected chi connectivity index (χ3v) is 4.77. The molecule has 0 aliphatic carbocycles. The molecule has 0 fully saturated rings. The van der Waals surface area contributed by atoms with Crippen LogP contribution >= 0.6 is 7.52 Å². The summed E-state index contributed by atoms with van der Waals surface area (Å²) in [6.45, 7) is 5.23. The first-order valence-corrected chi connectivity index (χ1v) is 8.56. The Labute approximate surface area is 112 Å². The van der Waals surface area contributed by atoms with Crippen LogP contribution in [0.2, 0.25) is 0 Å². The van der Waals surface area contributed by atoms with Crippen LogP contribution < -0.4 is 0 Å². The lowest BCUT2D eigenvalue weighted by atomic mass is 10.1. The Morgan fingerprint density at radius 3 is 2.28 bits per heavy atom. The van der Waals surface area contributed by atoms with E-state index in [0.29, 0.717) is 13.2 Å². The fourth-order valence-corrected chi connectivity index (χ4v) is 2.98. The minimum Gasteiger partial charge on any atom is -0.307 e. The lowest BCUT2D eigenvalue weighted by molar-refractivity contribution is 0.272. The number of nitrogens with zero attached hydrogens (tertiary/aromatic N) is 2. The van der Waals surface area contributed by atoms with Gasteiger partial charge in [-0.05, 0) is 19.9 Å². The van der Waals surface area contributed by atoms with Crippen LogP contribution in [0.3, 0.4) is 0 Å². The van der Waals surface area contributed by atoms with Gasteiger partial charge >= 0.3 is 7.52 Å². The fourth-order valence-electron chi connectivity index (χ4n) is 1.73. The van der Waals surface area contributed by atoms with Gasteiger partial charge in [0.15, 0.2) is 5.81 Å². The van der Waals surface area contributed by atoms with Gasteiger partial charge in [-0.25, -0.2) is 4.67 Å². The molecule has 0 bridgehead atoms. The van der Waals surface area contributed by atoms with Crippen LogP contribution in [0.5, 0.6) is 0 Å². The van der Waals surface area contributed by atoms with Crippen molar-refractivity contribution >= 4 is 7.52 Å². The molecule has 18 heavy (non-hydrogen) atoms. The van der Waals surface area contributed by atoms with E-state index in [-0.39, 0.29) is 0 Å². The van der Waals surface area contributed by atoms with Crippen LogP contribution in [0.1, 0.15) is 58.8 Å². The fraction of sp³-hybridized carbons (Fsp3) is 0.923. The van der Waals surface area contributed by atoms with Gasteiger partial charge < -0.3 is 4.52 Å². The molecule has 4 nitrogen and oxygen atoms in total. The third kappa shape index (κ3) is 7.16. The molecule has 0 aromatic carbocycles. The molecule has 0 aromatic heterocycles. The lowest BCUT2D eigenvalue weighted by Crippen LogP contribution is -2.17. The average Bonchev–Trinajstić information content (AvgIpc) is 2.37. The van der Waals surface area contributed by atoms with Gasteiger partial charge in [-0.15, -0.1) is 0 Å². The van der Waals surface area contributed by atoms with Crippen LogP contribution in [-0.2, 0) is 9.09 Å². The zero-order valence-corrected chi connectivity index (χ0v) is 12.9. The van der Waals surface area contributed by atoms with Crippen molar-refractivity contribution in [3.05, 3.63) is 0 Å². The second kappa shape index (κ2) is 10.6. The SMILES string of the molecule is CCCCCCCCOP(=O)(C#N)N(C)CCC. The monoisotopic (exact) mass is 274 g/mol. The van der Waals surface area contributed by atoms with Crippen molar-refractivity contribution in [3.63, 3.8) is 0 Å². The maximum absolute atomic E-state index is 12.1. The van der Waals surface area contributed by atoms with Crippen molar-refractivity contribution in [2.24, 2.45) is 0 Å². The Hall–Kier alpha value is -0.360. The van der Waals surface area contributed by atoms with Crippen LogP contribution in [0.25, 0.3) is 0 Å². The van der Waals surface area contributed by atoms with Crippen LogP contribution in [-0.4, -0.2) is 24.9 Å². The number of nitriles is 1. The molecule has 0 amide bonds. The van der Waals surface area contributed by atoms with Gasteiger partial charge in [0.25, 0.3) is 0 Å². The van der Waals surface area contributed by atoms with E-state index in [2.05, 4.69) is 6.92 Å². The maximum atomic E-state index is 12.1. The van der Waals surface area contributed by atoms with E-state index in [9.17, 15) is 4.57 Å². The van der Waals surface area contributed by atoms with E-state index in [1.165, 1.54) is 25.7 Å². The number of hydrogen-bond acceptors (Lipinski definition) is 3. The first-order chi connectivity index (χ1) is 8.60. The average molecular weight is 274 g/mol. The second-order valence-electron chi connectivity index (χ2n) is 4.60. The Bertz CT molecular complexity index is 289. The summed E-state index contributed by atoms with van der Waals surface area (Å²) >= 11 is 0. The molecule has 0 saturated carbocycles. The van der Waals surface area contributed by atoms with Crippen molar-refractivity contribution in [1.29, 1.82) is 5.26 Å². The number of hydrogen-bond donors (Lipinski definition) is 0. The first-order valence-electron chi connectivity index (χ1n) is 6.98. The van der Waals surface area contributed by atoms with E-state index in [0.717, 1.165) is 19.3 Å². The highest BCUT2D eigenvalue weighted by Gasteiger charge is 2.27. The summed E-state index contributed by atoms with van der Waals surface area (Å²) in [5, 5.41) is 8.98. The summed E-state index contributed by atoms with van der Waals surface area (Å²) in [6.07, 6.45) is 7.79. The Kier molecular flexibility index (Phi) is 10.3. The third-order valence-electron chi connectivity index (χ3n) is 2.89. The van der Waals surface area contributed by atoms with Crippen molar-refractivity contribution in [3.8, 4) is 5.81 Å². The van der Waals surface area contributed by atoms with E-state index >= 15 is 0 Å². The Morgan fingerprint density at radius 1 is 1.11 bits per heavy atom. The van der Waals surface area contributed by atoms with Crippen LogP contribution in [0, 0.1) is 11.1 Å². The molecule has 0 rings (SSSR count). The van der Waals surface area contributed by atoms with Gasteiger partial charge in [0, 0.05) is 6.54 Å². The van der Waals surface area contributed by atoms with E-state index in [1.54, 1.807) is 11.7 Å². The van der Waals surface area contributed by atoms with Crippen LogP contribution in [0.15, 0.2) is 0 Å². The van der Waals surface area contributed by atoms with Gasteiger partial charge in [0.05, 0.1) is 6.61 Å². The Morgan fingerprint density at radius 2 is 1.72 bits per heavy atom. The quantitative estimate of drug-likeness (QED) is 0.414. The van der Waals surface area contributed by atoms with Gasteiger partial charge in [0.1, 0.15) is 0 Å². The molecule has 0 heterocycles. The summed E-state index contributed by atoms with van der Waals surface area (Å²) < 4.78 is 19.0. The first kappa shape index (κ1) is 17.6. The number of rotatable bonds is 11. The molecule has 0 spiro atoms. The highest BCUT2D eigenvalue weighted by molar-refractivity contribution is 7.61. The molecule has 1 unspecified atom stereocenters. The van der Waals surface area contributed by atoms with Crippen molar-refractivity contribution in [2.75, 3.05) is 20.2 Å². The van der Waals surface area contributed by atoms with Gasteiger partial charge in [0.2, 0.25) is 0 Å². The van der Waals surface area contributed by atoms with E-state index in [1.807, 2.05) is 12.7 Å². The topological polar surface area (TPSA) is 53.3 Å². The summed E-state index contributed by atoms with van der Waals surface area (Å²) in [5.74, 6) is 1.83. The summed E-state index contributed by atoms with van der Waals surface area (Å²) in [5.41, 5.74) is 0. The Balaban J connectivity index is 3.81.